The second-order valence-corrected chi connectivity index (χ2v) is 7.08. The standard InChI is InChI=1S/C22H24N4O2/c1-28-19-9-7-17(8-10-19)20-13-21(25-24-20)22(27)23-18-11-12-26(15-18)14-16-5-3-2-4-6-16/h2-10,13,18H,11-12,14-15H2,1H3,(H,23,27)(H,24,25)/t18-/m0/s1. The average Bonchev–Trinajstić information content (AvgIpc) is 3.39. The van der Waals surface area contributed by atoms with E-state index in [1.807, 2.05) is 30.3 Å². The van der Waals surface area contributed by atoms with E-state index in [2.05, 4.69) is 44.7 Å². The molecule has 3 aromatic rings. The zero-order valence-corrected chi connectivity index (χ0v) is 15.9. The van der Waals surface area contributed by atoms with E-state index >= 15 is 0 Å². The molecule has 1 fully saturated rings. The molecule has 0 spiro atoms. The van der Waals surface area contributed by atoms with E-state index in [1.54, 1.807) is 13.2 Å². The van der Waals surface area contributed by atoms with E-state index in [0.717, 1.165) is 43.1 Å². The molecule has 1 aliphatic rings. The van der Waals surface area contributed by atoms with Gasteiger partial charge in [-0.3, -0.25) is 14.8 Å². The molecule has 0 bridgehead atoms. The van der Waals surface area contributed by atoms with Crippen LogP contribution in [0.3, 0.4) is 0 Å². The van der Waals surface area contributed by atoms with Gasteiger partial charge >= 0.3 is 0 Å². The summed E-state index contributed by atoms with van der Waals surface area (Å²) >= 11 is 0. The van der Waals surface area contributed by atoms with Gasteiger partial charge in [0.1, 0.15) is 11.4 Å². The van der Waals surface area contributed by atoms with Crippen LogP contribution in [-0.4, -0.2) is 47.2 Å². The normalized spacial score (nSPS) is 16.8. The average molecular weight is 376 g/mol. The Labute approximate surface area is 164 Å². The summed E-state index contributed by atoms with van der Waals surface area (Å²) in [6.45, 7) is 2.76. The zero-order valence-electron chi connectivity index (χ0n) is 15.9. The Morgan fingerprint density at radius 3 is 2.75 bits per heavy atom. The molecule has 144 valence electrons. The van der Waals surface area contributed by atoms with Crippen LogP contribution in [0.5, 0.6) is 5.75 Å². The van der Waals surface area contributed by atoms with Crippen LogP contribution in [0.2, 0.25) is 0 Å². The van der Waals surface area contributed by atoms with Gasteiger partial charge in [0.2, 0.25) is 0 Å². The maximum Gasteiger partial charge on any atom is 0.269 e. The predicted molar refractivity (Wildman–Crippen MR) is 108 cm³/mol. The number of H-pyrrole nitrogens is 1. The lowest BCUT2D eigenvalue weighted by molar-refractivity contribution is 0.0932. The molecule has 0 radical (unpaired) electrons. The van der Waals surface area contributed by atoms with Gasteiger partial charge in [0, 0.05) is 31.2 Å². The number of benzene rings is 2. The van der Waals surface area contributed by atoms with E-state index < -0.39 is 0 Å². The van der Waals surface area contributed by atoms with Crippen molar-refractivity contribution in [1.29, 1.82) is 0 Å². The summed E-state index contributed by atoms with van der Waals surface area (Å²) in [7, 11) is 1.63. The molecule has 28 heavy (non-hydrogen) atoms. The molecule has 4 rings (SSSR count). The van der Waals surface area contributed by atoms with Gasteiger partial charge in [-0.05, 0) is 42.3 Å². The maximum absolute atomic E-state index is 12.6. The summed E-state index contributed by atoms with van der Waals surface area (Å²) in [5, 5.41) is 10.2. The second kappa shape index (κ2) is 8.27. The van der Waals surface area contributed by atoms with Crippen molar-refractivity contribution in [3.05, 3.63) is 71.9 Å². The molecule has 0 saturated carbocycles. The molecule has 6 nitrogen and oxygen atoms in total. The highest BCUT2D eigenvalue weighted by Crippen LogP contribution is 2.21. The number of aromatic amines is 1. The van der Waals surface area contributed by atoms with E-state index in [0.29, 0.717) is 5.69 Å². The fraction of sp³-hybridized carbons (Fsp3) is 0.273. The van der Waals surface area contributed by atoms with Crippen molar-refractivity contribution >= 4 is 5.91 Å². The fourth-order valence-electron chi connectivity index (χ4n) is 3.55. The van der Waals surface area contributed by atoms with Crippen LogP contribution in [0.4, 0.5) is 0 Å². The number of hydrogen-bond acceptors (Lipinski definition) is 4. The topological polar surface area (TPSA) is 70.2 Å². The number of nitrogens with zero attached hydrogens (tertiary/aromatic N) is 2. The Morgan fingerprint density at radius 1 is 1.21 bits per heavy atom. The van der Waals surface area contributed by atoms with E-state index in [1.165, 1.54) is 5.56 Å². The minimum absolute atomic E-state index is 0.112. The summed E-state index contributed by atoms with van der Waals surface area (Å²) in [6.07, 6.45) is 0.956. The Balaban J connectivity index is 1.33. The maximum atomic E-state index is 12.6. The Bertz CT molecular complexity index is 921. The first-order chi connectivity index (χ1) is 13.7. The first-order valence-corrected chi connectivity index (χ1v) is 9.48. The molecule has 1 amide bonds. The predicted octanol–water partition coefficient (Wildman–Crippen LogP) is 3.09. The van der Waals surface area contributed by atoms with Gasteiger partial charge in [-0.25, -0.2) is 0 Å². The summed E-state index contributed by atoms with van der Waals surface area (Å²) < 4.78 is 5.17. The number of aromatic nitrogens is 2. The molecule has 1 saturated heterocycles. The monoisotopic (exact) mass is 376 g/mol. The first-order valence-electron chi connectivity index (χ1n) is 9.48. The highest BCUT2D eigenvalue weighted by atomic mass is 16.5. The van der Waals surface area contributed by atoms with Crippen LogP contribution in [0.25, 0.3) is 11.3 Å². The van der Waals surface area contributed by atoms with Gasteiger partial charge < -0.3 is 10.1 Å². The number of nitrogens with one attached hydrogen (secondary N) is 2. The van der Waals surface area contributed by atoms with Crippen LogP contribution in [0.15, 0.2) is 60.7 Å². The van der Waals surface area contributed by atoms with Crippen LogP contribution < -0.4 is 10.1 Å². The van der Waals surface area contributed by atoms with Crippen molar-refractivity contribution in [3.8, 4) is 17.0 Å². The molecule has 1 aliphatic heterocycles. The van der Waals surface area contributed by atoms with Gasteiger partial charge in [0.25, 0.3) is 5.91 Å². The quantitative estimate of drug-likeness (QED) is 0.694. The van der Waals surface area contributed by atoms with Crippen molar-refractivity contribution in [1.82, 2.24) is 20.4 Å². The van der Waals surface area contributed by atoms with Crippen molar-refractivity contribution in [2.75, 3.05) is 20.2 Å². The third-order valence-corrected chi connectivity index (χ3v) is 5.06. The number of ether oxygens (including phenoxy) is 1. The minimum Gasteiger partial charge on any atom is -0.497 e. The van der Waals surface area contributed by atoms with Gasteiger partial charge in [0.15, 0.2) is 0 Å². The van der Waals surface area contributed by atoms with Crippen LogP contribution in [0.1, 0.15) is 22.5 Å². The number of carbonyl (C=O) groups excluding carboxylic acids is 1. The Kier molecular flexibility index (Phi) is 5.39. The number of likely N-dealkylation sites (tertiary alicyclic amines) is 1. The fourth-order valence-corrected chi connectivity index (χ4v) is 3.55. The van der Waals surface area contributed by atoms with E-state index in [9.17, 15) is 4.79 Å². The van der Waals surface area contributed by atoms with Crippen LogP contribution >= 0.6 is 0 Å². The number of carbonyl (C=O) groups is 1. The van der Waals surface area contributed by atoms with Gasteiger partial charge in [-0.15, -0.1) is 0 Å². The van der Waals surface area contributed by atoms with Crippen molar-refractivity contribution in [2.45, 2.75) is 19.0 Å². The lowest BCUT2D eigenvalue weighted by Crippen LogP contribution is -2.37. The van der Waals surface area contributed by atoms with Crippen molar-refractivity contribution in [3.63, 3.8) is 0 Å². The molecule has 0 aliphatic carbocycles. The summed E-state index contributed by atoms with van der Waals surface area (Å²) in [6, 6.07) is 20.0. The SMILES string of the molecule is COc1ccc(-c2cc(C(=O)N[C@H]3CCN(Cc4ccccc4)C3)[nH]n2)cc1. The highest BCUT2D eigenvalue weighted by Gasteiger charge is 2.24. The summed E-state index contributed by atoms with van der Waals surface area (Å²) in [5.41, 5.74) is 3.45. The van der Waals surface area contributed by atoms with Crippen LogP contribution in [-0.2, 0) is 6.54 Å². The summed E-state index contributed by atoms with van der Waals surface area (Å²) in [5.74, 6) is 0.678. The molecule has 2 N–H and O–H groups in total. The minimum atomic E-state index is -0.112. The zero-order chi connectivity index (χ0) is 19.3. The molecule has 2 aromatic carbocycles. The smallest absolute Gasteiger partial charge is 0.269 e. The molecule has 1 aromatic heterocycles. The van der Waals surface area contributed by atoms with Gasteiger partial charge in [-0.1, -0.05) is 30.3 Å². The second-order valence-electron chi connectivity index (χ2n) is 7.08. The number of hydrogen-bond donors (Lipinski definition) is 2. The van der Waals surface area contributed by atoms with Crippen LogP contribution in [0, 0.1) is 0 Å². The highest BCUT2D eigenvalue weighted by molar-refractivity contribution is 5.93. The third-order valence-electron chi connectivity index (χ3n) is 5.06. The van der Waals surface area contributed by atoms with Crippen molar-refractivity contribution in [2.24, 2.45) is 0 Å². The molecule has 2 heterocycles. The van der Waals surface area contributed by atoms with Gasteiger partial charge in [-0.2, -0.15) is 5.10 Å². The number of rotatable bonds is 6. The molecule has 6 heteroatoms. The van der Waals surface area contributed by atoms with Gasteiger partial charge in [0.05, 0.1) is 12.8 Å². The van der Waals surface area contributed by atoms with E-state index in [-0.39, 0.29) is 11.9 Å². The number of amides is 1. The molecular formula is C22H24N4O2. The third kappa shape index (κ3) is 4.23. The Hall–Kier alpha value is -3.12. The van der Waals surface area contributed by atoms with Crippen molar-refractivity contribution < 1.29 is 9.53 Å². The summed E-state index contributed by atoms with van der Waals surface area (Å²) in [4.78, 5) is 15.0. The molecule has 1 atom stereocenters. The largest absolute Gasteiger partial charge is 0.497 e. The lowest BCUT2D eigenvalue weighted by atomic mass is 10.1. The molecular weight excluding hydrogens is 352 g/mol. The number of methoxy groups -OCH3 is 1. The Morgan fingerprint density at radius 2 is 2.00 bits per heavy atom. The van der Waals surface area contributed by atoms with E-state index in [4.69, 9.17) is 4.74 Å². The lowest BCUT2D eigenvalue weighted by Gasteiger charge is -2.16. The first kappa shape index (κ1) is 18.3. The molecule has 0 unspecified atom stereocenters.